The van der Waals surface area contributed by atoms with Crippen LogP contribution in [-0.4, -0.2) is 36.6 Å². The van der Waals surface area contributed by atoms with E-state index in [1.807, 2.05) is 0 Å². The van der Waals surface area contributed by atoms with Gasteiger partial charge in [0.05, 0.1) is 0 Å². The Balaban J connectivity index is 1.55. The fourth-order valence-electron chi connectivity index (χ4n) is 3.89. The number of benzene rings is 1. The van der Waals surface area contributed by atoms with Crippen LogP contribution in [0.15, 0.2) is 22.6 Å². The zero-order chi connectivity index (χ0) is 15.8. The van der Waals surface area contributed by atoms with Crippen LogP contribution in [0.2, 0.25) is 0 Å². The maximum Gasteiger partial charge on any atom is 0.198 e. The van der Waals surface area contributed by atoms with Crippen molar-refractivity contribution in [3.05, 3.63) is 29.7 Å². The standard InChI is InChI=1S/C19H27N3O/c1-13-3-5-16(20-12-13)15-4-6-18-17(11-15)21-19(23-18)14-7-9-22(2)10-8-14/h4,6,11,13-14,16,20H,3,5,7-10,12H2,1-2H3/t13-,16+/m0/s1. The molecule has 3 heterocycles. The van der Waals surface area contributed by atoms with E-state index in [1.54, 1.807) is 0 Å². The van der Waals surface area contributed by atoms with Gasteiger partial charge in [0.25, 0.3) is 0 Å². The maximum absolute atomic E-state index is 6.05. The molecule has 124 valence electrons. The SMILES string of the molecule is C[C@H]1CC[C@H](c2ccc3oc(C4CCN(C)CC4)nc3c2)NC1. The number of hydrogen-bond donors (Lipinski definition) is 1. The number of hydrogen-bond acceptors (Lipinski definition) is 4. The van der Waals surface area contributed by atoms with E-state index in [1.165, 1.54) is 18.4 Å². The number of fused-ring (bicyclic) bond motifs is 1. The Morgan fingerprint density at radius 3 is 2.74 bits per heavy atom. The predicted octanol–water partition coefficient (Wildman–Crippen LogP) is 3.70. The lowest BCUT2D eigenvalue weighted by Crippen LogP contribution is -2.31. The summed E-state index contributed by atoms with van der Waals surface area (Å²) in [5, 5.41) is 3.66. The summed E-state index contributed by atoms with van der Waals surface area (Å²) in [6.07, 6.45) is 4.82. The van der Waals surface area contributed by atoms with Crippen molar-refractivity contribution in [3.8, 4) is 0 Å². The number of aromatic nitrogens is 1. The van der Waals surface area contributed by atoms with E-state index in [0.29, 0.717) is 12.0 Å². The van der Waals surface area contributed by atoms with Gasteiger partial charge in [-0.25, -0.2) is 4.98 Å². The number of likely N-dealkylation sites (tertiary alicyclic amines) is 1. The molecule has 0 amide bonds. The molecule has 1 N–H and O–H groups in total. The Morgan fingerprint density at radius 1 is 1.17 bits per heavy atom. The lowest BCUT2D eigenvalue weighted by Gasteiger charge is -2.28. The minimum absolute atomic E-state index is 0.471. The third-order valence-corrected chi connectivity index (χ3v) is 5.56. The second-order valence-corrected chi connectivity index (χ2v) is 7.50. The van der Waals surface area contributed by atoms with E-state index in [2.05, 4.69) is 42.4 Å². The smallest absolute Gasteiger partial charge is 0.198 e. The lowest BCUT2D eigenvalue weighted by molar-refractivity contribution is 0.239. The molecule has 2 atom stereocenters. The monoisotopic (exact) mass is 313 g/mol. The van der Waals surface area contributed by atoms with Crippen LogP contribution in [0.5, 0.6) is 0 Å². The lowest BCUT2D eigenvalue weighted by atomic mass is 9.92. The molecule has 0 unspecified atom stereocenters. The number of piperidine rings is 2. The van der Waals surface area contributed by atoms with Crippen molar-refractivity contribution in [2.75, 3.05) is 26.7 Å². The van der Waals surface area contributed by atoms with Gasteiger partial charge in [-0.2, -0.15) is 0 Å². The van der Waals surface area contributed by atoms with Gasteiger partial charge in [0.15, 0.2) is 11.5 Å². The molecular weight excluding hydrogens is 286 g/mol. The molecule has 0 bridgehead atoms. The quantitative estimate of drug-likeness (QED) is 0.918. The molecule has 0 aliphatic carbocycles. The van der Waals surface area contributed by atoms with Crippen LogP contribution in [0, 0.1) is 5.92 Å². The first-order chi connectivity index (χ1) is 11.2. The summed E-state index contributed by atoms with van der Waals surface area (Å²) in [4.78, 5) is 7.20. The second-order valence-electron chi connectivity index (χ2n) is 7.50. The highest BCUT2D eigenvalue weighted by atomic mass is 16.3. The first-order valence-corrected chi connectivity index (χ1v) is 9.01. The van der Waals surface area contributed by atoms with Gasteiger partial charge >= 0.3 is 0 Å². The van der Waals surface area contributed by atoms with Crippen molar-refractivity contribution in [2.24, 2.45) is 5.92 Å². The van der Waals surface area contributed by atoms with Gasteiger partial charge in [-0.05, 0) is 76.0 Å². The highest BCUT2D eigenvalue weighted by Crippen LogP contribution is 2.32. The molecule has 1 aromatic carbocycles. The van der Waals surface area contributed by atoms with Crippen molar-refractivity contribution in [1.29, 1.82) is 0 Å². The van der Waals surface area contributed by atoms with Gasteiger partial charge in [-0.3, -0.25) is 0 Å². The molecule has 23 heavy (non-hydrogen) atoms. The summed E-state index contributed by atoms with van der Waals surface area (Å²) in [6, 6.07) is 7.01. The van der Waals surface area contributed by atoms with Gasteiger partial charge in [-0.15, -0.1) is 0 Å². The highest BCUT2D eigenvalue weighted by molar-refractivity contribution is 5.73. The number of nitrogens with one attached hydrogen (secondary N) is 1. The van der Waals surface area contributed by atoms with E-state index in [4.69, 9.17) is 9.40 Å². The molecule has 2 fully saturated rings. The van der Waals surface area contributed by atoms with E-state index < -0.39 is 0 Å². The van der Waals surface area contributed by atoms with Crippen LogP contribution >= 0.6 is 0 Å². The highest BCUT2D eigenvalue weighted by Gasteiger charge is 2.24. The minimum atomic E-state index is 0.471. The van der Waals surface area contributed by atoms with Gasteiger partial charge in [0, 0.05) is 12.0 Å². The van der Waals surface area contributed by atoms with E-state index in [0.717, 1.165) is 55.4 Å². The summed E-state index contributed by atoms with van der Waals surface area (Å²) in [6.45, 7) is 5.71. The molecule has 4 heteroatoms. The second kappa shape index (κ2) is 6.25. The van der Waals surface area contributed by atoms with Gasteiger partial charge in [-0.1, -0.05) is 13.0 Å². The summed E-state index contributed by atoms with van der Waals surface area (Å²) in [7, 11) is 2.19. The summed E-state index contributed by atoms with van der Waals surface area (Å²) >= 11 is 0. The van der Waals surface area contributed by atoms with Crippen LogP contribution in [0.3, 0.4) is 0 Å². The zero-order valence-corrected chi connectivity index (χ0v) is 14.2. The summed E-state index contributed by atoms with van der Waals surface area (Å²) in [5.74, 6) is 2.21. The van der Waals surface area contributed by atoms with Gasteiger partial charge in [0.1, 0.15) is 5.52 Å². The summed E-state index contributed by atoms with van der Waals surface area (Å²) in [5.41, 5.74) is 3.32. The number of nitrogens with zero attached hydrogens (tertiary/aromatic N) is 2. The Kier molecular flexibility index (Phi) is 4.12. The maximum atomic E-state index is 6.05. The molecule has 0 saturated carbocycles. The van der Waals surface area contributed by atoms with Crippen molar-refractivity contribution in [1.82, 2.24) is 15.2 Å². The fourth-order valence-corrected chi connectivity index (χ4v) is 3.89. The fraction of sp³-hybridized carbons (Fsp3) is 0.632. The van der Waals surface area contributed by atoms with Gasteiger partial charge in [0.2, 0.25) is 0 Å². The Labute approximate surface area is 138 Å². The average Bonchev–Trinajstić information content (AvgIpc) is 2.99. The van der Waals surface area contributed by atoms with Gasteiger partial charge < -0.3 is 14.6 Å². The van der Waals surface area contributed by atoms with Crippen molar-refractivity contribution in [2.45, 2.75) is 44.6 Å². The molecule has 2 saturated heterocycles. The Morgan fingerprint density at radius 2 is 2.00 bits per heavy atom. The molecular formula is C19H27N3O. The summed E-state index contributed by atoms with van der Waals surface area (Å²) < 4.78 is 6.05. The number of rotatable bonds is 2. The first kappa shape index (κ1) is 15.2. The molecule has 4 nitrogen and oxygen atoms in total. The molecule has 0 radical (unpaired) electrons. The molecule has 2 aliphatic heterocycles. The normalized spacial score (nSPS) is 27.6. The van der Waals surface area contributed by atoms with Crippen LogP contribution < -0.4 is 5.32 Å². The first-order valence-electron chi connectivity index (χ1n) is 9.01. The zero-order valence-electron chi connectivity index (χ0n) is 14.2. The van der Waals surface area contributed by atoms with Crippen molar-refractivity contribution >= 4 is 11.1 Å². The average molecular weight is 313 g/mol. The van der Waals surface area contributed by atoms with Crippen LogP contribution in [-0.2, 0) is 0 Å². The van der Waals surface area contributed by atoms with E-state index >= 15 is 0 Å². The molecule has 0 spiro atoms. The van der Waals surface area contributed by atoms with Crippen molar-refractivity contribution < 1.29 is 4.42 Å². The van der Waals surface area contributed by atoms with E-state index in [-0.39, 0.29) is 0 Å². The van der Waals surface area contributed by atoms with Crippen LogP contribution in [0.4, 0.5) is 0 Å². The molecule has 2 aliphatic rings. The van der Waals surface area contributed by atoms with Crippen LogP contribution in [0.25, 0.3) is 11.1 Å². The predicted molar refractivity (Wildman–Crippen MR) is 92.6 cm³/mol. The molecule has 4 rings (SSSR count). The number of oxazole rings is 1. The van der Waals surface area contributed by atoms with Crippen LogP contribution in [0.1, 0.15) is 56.0 Å². The molecule has 2 aromatic rings. The Bertz CT molecular complexity index is 644. The third-order valence-electron chi connectivity index (χ3n) is 5.56. The Hall–Kier alpha value is -1.39. The van der Waals surface area contributed by atoms with Crippen molar-refractivity contribution in [3.63, 3.8) is 0 Å². The van der Waals surface area contributed by atoms with E-state index in [9.17, 15) is 0 Å². The largest absolute Gasteiger partial charge is 0.440 e. The molecule has 1 aromatic heterocycles. The topological polar surface area (TPSA) is 41.3 Å². The minimum Gasteiger partial charge on any atom is -0.440 e. The third kappa shape index (κ3) is 3.15.